The third-order valence-electron chi connectivity index (χ3n) is 2.53. The van der Waals surface area contributed by atoms with Crippen LogP contribution in [-0.4, -0.2) is 26.9 Å². The minimum atomic E-state index is -0.894. The molecule has 8 heteroatoms. The topological polar surface area (TPSA) is 129 Å². The molecule has 1 aromatic heterocycles. The number of rotatable bonds is 5. The van der Waals surface area contributed by atoms with Crippen molar-refractivity contribution < 1.29 is 9.59 Å². The summed E-state index contributed by atoms with van der Waals surface area (Å²) in [6.07, 6.45) is 3.33. The zero-order chi connectivity index (χ0) is 13.7. The van der Waals surface area contributed by atoms with Gasteiger partial charge in [0, 0.05) is 0 Å². The highest BCUT2D eigenvalue weighted by Crippen LogP contribution is 2.14. The van der Waals surface area contributed by atoms with Gasteiger partial charge in [-0.3, -0.25) is 10.1 Å². The van der Waals surface area contributed by atoms with Gasteiger partial charge < -0.3 is 11.5 Å². The maximum absolute atomic E-state index is 11.5. The monoisotopic (exact) mass is 254 g/mol. The highest BCUT2D eigenvalue weighted by atomic mass is 16.2. The molecule has 8 nitrogen and oxygen atoms in total. The number of urea groups is 1. The van der Waals surface area contributed by atoms with Gasteiger partial charge in [-0.05, 0) is 13.3 Å². The van der Waals surface area contributed by atoms with E-state index in [0.717, 1.165) is 12.8 Å². The first-order valence-corrected chi connectivity index (χ1v) is 5.73. The third kappa shape index (κ3) is 3.52. The van der Waals surface area contributed by atoms with Crippen LogP contribution in [0.5, 0.6) is 0 Å². The Balaban J connectivity index is 2.72. The second-order valence-electron chi connectivity index (χ2n) is 4.05. The predicted octanol–water partition coefficient (Wildman–Crippen LogP) is -0.166. The second kappa shape index (κ2) is 6.10. The van der Waals surface area contributed by atoms with Crippen LogP contribution >= 0.6 is 0 Å². The van der Waals surface area contributed by atoms with Gasteiger partial charge in [-0.2, -0.15) is 0 Å². The molecule has 100 valence electrons. The van der Waals surface area contributed by atoms with Crippen LogP contribution < -0.4 is 16.8 Å². The van der Waals surface area contributed by atoms with E-state index in [-0.39, 0.29) is 6.04 Å². The van der Waals surface area contributed by atoms with Crippen molar-refractivity contribution in [1.82, 2.24) is 20.3 Å². The number of carbonyl (C=O) groups is 2. The number of carbonyl (C=O) groups excluding carboxylic acids is 2. The van der Waals surface area contributed by atoms with E-state index in [1.165, 1.54) is 4.68 Å². The lowest BCUT2D eigenvalue weighted by molar-refractivity contribution is -0.123. The molecule has 2 unspecified atom stereocenters. The number of primary amides is 1. The highest BCUT2D eigenvalue weighted by molar-refractivity contribution is 5.95. The standard InChI is InChI=1S/C10H18N6O2/c1-3-4-7(11)8-5-16(15-14-8)6(2)9(17)13-10(12)18/h5-7H,3-4,11H2,1-2H3,(H3,12,13,17,18). The molecule has 3 amide bonds. The minimum Gasteiger partial charge on any atom is -0.351 e. The summed E-state index contributed by atoms with van der Waals surface area (Å²) in [7, 11) is 0. The maximum atomic E-state index is 11.5. The SMILES string of the molecule is CCCC(N)c1cn(C(C)C(=O)NC(N)=O)nn1. The fourth-order valence-electron chi connectivity index (χ4n) is 1.45. The summed E-state index contributed by atoms with van der Waals surface area (Å²) < 4.78 is 1.35. The Bertz CT molecular complexity index is 430. The summed E-state index contributed by atoms with van der Waals surface area (Å²) >= 11 is 0. The Morgan fingerprint density at radius 3 is 2.78 bits per heavy atom. The Morgan fingerprint density at radius 1 is 1.56 bits per heavy atom. The average Bonchev–Trinajstić information content (AvgIpc) is 2.76. The molecule has 0 bridgehead atoms. The van der Waals surface area contributed by atoms with E-state index in [1.54, 1.807) is 13.1 Å². The molecular formula is C10H18N6O2. The highest BCUT2D eigenvalue weighted by Gasteiger charge is 2.19. The van der Waals surface area contributed by atoms with Crippen LogP contribution in [0, 0.1) is 0 Å². The first kappa shape index (κ1) is 14.1. The summed E-state index contributed by atoms with van der Waals surface area (Å²) in [4.78, 5) is 22.1. The molecule has 0 aliphatic heterocycles. The Morgan fingerprint density at radius 2 is 2.22 bits per heavy atom. The first-order valence-electron chi connectivity index (χ1n) is 5.73. The summed E-state index contributed by atoms with van der Waals surface area (Å²) in [5.41, 5.74) is 11.4. The zero-order valence-corrected chi connectivity index (χ0v) is 10.5. The summed E-state index contributed by atoms with van der Waals surface area (Å²) in [6, 6.07) is -1.77. The van der Waals surface area contributed by atoms with Crippen LogP contribution in [0.3, 0.4) is 0 Å². The van der Waals surface area contributed by atoms with E-state index >= 15 is 0 Å². The van der Waals surface area contributed by atoms with Crippen LogP contribution in [0.15, 0.2) is 6.20 Å². The van der Waals surface area contributed by atoms with Gasteiger partial charge in [0.25, 0.3) is 5.91 Å². The van der Waals surface area contributed by atoms with E-state index in [4.69, 9.17) is 11.5 Å². The van der Waals surface area contributed by atoms with Crippen molar-refractivity contribution in [2.75, 3.05) is 0 Å². The molecule has 0 fully saturated rings. The van der Waals surface area contributed by atoms with Gasteiger partial charge >= 0.3 is 6.03 Å². The number of aromatic nitrogens is 3. The van der Waals surface area contributed by atoms with Crippen LogP contribution in [0.1, 0.15) is 44.5 Å². The quantitative estimate of drug-likeness (QED) is 0.672. The number of amides is 3. The van der Waals surface area contributed by atoms with Gasteiger partial charge in [0.2, 0.25) is 0 Å². The van der Waals surface area contributed by atoms with Gasteiger partial charge in [-0.15, -0.1) is 5.10 Å². The first-order chi connectivity index (χ1) is 8.45. The molecule has 0 aromatic carbocycles. The lowest BCUT2D eigenvalue weighted by atomic mass is 10.1. The number of hydrogen-bond acceptors (Lipinski definition) is 5. The molecule has 0 radical (unpaired) electrons. The van der Waals surface area contributed by atoms with Crippen LogP contribution in [0.2, 0.25) is 0 Å². The molecule has 1 rings (SSSR count). The lowest BCUT2D eigenvalue weighted by Gasteiger charge is -2.09. The molecule has 1 aromatic rings. The third-order valence-corrected chi connectivity index (χ3v) is 2.53. The molecular weight excluding hydrogens is 236 g/mol. The second-order valence-corrected chi connectivity index (χ2v) is 4.05. The molecule has 0 saturated carbocycles. The number of nitrogens with one attached hydrogen (secondary N) is 1. The van der Waals surface area contributed by atoms with Gasteiger partial charge in [0.05, 0.1) is 17.9 Å². The Kier molecular flexibility index (Phi) is 4.78. The lowest BCUT2D eigenvalue weighted by Crippen LogP contribution is -2.39. The van der Waals surface area contributed by atoms with Crippen molar-refractivity contribution in [2.45, 2.75) is 38.8 Å². The molecule has 0 spiro atoms. The van der Waals surface area contributed by atoms with E-state index < -0.39 is 18.0 Å². The van der Waals surface area contributed by atoms with Crippen molar-refractivity contribution >= 4 is 11.9 Å². The zero-order valence-electron chi connectivity index (χ0n) is 10.5. The van der Waals surface area contributed by atoms with Gasteiger partial charge in [-0.25, -0.2) is 9.48 Å². The summed E-state index contributed by atoms with van der Waals surface area (Å²) in [5, 5.41) is 9.72. The van der Waals surface area contributed by atoms with Crippen LogP contribution in [0.25, 0.3) is 0 Å². The number of hydrogen-bond donors (Lipinski definition) is 3. The van der Waals surface area contributed by atoms with Gasteiger partial charge in [0.15, 0.2) is 0 Å². The molecule has 0 saturated heterocycles. The van der Waals surface area contributed by atoms with Crippen molar-refractivity contribution in [2.24, 2.45) is 11.5 Å². The molecule has 0 aliphatic rings. The van der Waals surface area contributed by atoms with E-state index in [9.17, 15) is 9.59 Å². The number of nitrogens with zero attached hydrogens (tertiary/aromatic N) is 3. The van der Waals surface area contributed by atoms with Crippen molar-refractivity contribution in [3.8, 4) is 0 Å². The summed E-state index contributed by atoms with van der Waals surface area (Å²) in [5.74, 6) is -0.539. The van der Waals surface area contributed by atoms with Crippen LogP contribution in [-0.2, 0) is 4.79 Å². The predicted molar refractivity (Wildman–Crippen MR) is 64.3 cm³/mol. The van der Waals surface area contributed by atoms with Crippen LogP contribution in [0.4, 0.5) is 4.79 Å². The Labute approximate surface area is 105 Å². The smallest absolute Gasteiger partial charge is 0.318 e. The molecule has 0 aliphatic carbocycles. The van der Waals surface area contributed by atoms with Crippen molar-refractivity contribution in [1.29, 1.82) is 0 Å². The normalized spacial score (nSPS) is 13.9. The van der Waals surface area contributed by atoms with E-state index in [0.29, 0.717) is 5.69 Å². The largest absolute Gasteiger partial charge is 0.351 e. The fraction of sp³-hybridized carbons (Fsp3) is 0.600. The van der Waals surface area contributed by atoms with Crippen molar-refractivity contribution in [3.05, 3.63) is 11.9 Å². The Hall–Kier alpha value is -1.96. The van der Waals surface area contributed by atoms with Gasteiger partial charge in [0.1, 0.15) is 6.04 Å². The van der Waals surface area contributed by atoms with E-state index in [1.807, 2.05) is 12.2 Å². The van der Waals surface area contributed by atoms with E-state index in [2.05, 4.69) is 10.3 Å². The average molecular weight is 254 g/mol. The maximum Gasteiger partial charge on any atom is 0.318 e. The van der Waals surface area contributed by atoms with Crippen molar-refractivity contribution in [3.63, 3.8) is 0 Å². The molecule has 5 N–H and O–H groups in total. The fourth-order valence-corrected chi connectivity index (χ4v) is 1.45. The summed E-state index contributed by atoms with van der Waals surface area (Å²) in [6.45, 7) is 3.61. The number of imide groups is 1. The molecule has 2 atom stereocenters. The van der Waals surface area contributed by atoms with Gasteiger partial charge in [-0.1, -0.05) is 18.6 Å². The number of nitrogens with two attached hydrogens (primary N) is 2. The minimum absolute atomic E-state index is 0.199. The molecule has 18 heavy (non-hydrogen) atoms. The molecule has 1 heterocycles.